The highest BCUT2D eigenvalue weighted by Crippen LogP contribution is 2.34. The minimum Gasteiger partial charge on any atom is -0.376 e. The maximum atomic E-state index is 14.0. The first-order valence-electron chi connectivity index (χ1n) is 12.7. The third-order valence-electron chi connectivity index (χ3n) is 6.59. The maximum absolute atomic E-state index is 14.0. The van der Waals surface area contributed by atoms with Gasteiger partial charge in [-0.05, 0) is 41.3 Å². The predicted octanol–water partition coefficient (Wildman–Crippen LogP) is 4.70. The van der Waals surface area contributed by atoms with Crippen LogP contribution in [0.2, 0.25) is 0 Å². The fourth-order valence-electron chi connectivity index (χ4n) is 4.74. The van der Waals surface area contributed by atoms with E-state index in [9.17, 15) is 14.4 Å². The summed E-state index contributed by atoms with van der Waals surface area (Å²) >= 11 is 1.30. The molecule has 7 nitrogen and oxygen atoms in total. The predicted molar refractivity (Wildman–Crippen MR) is 149 cm³/mol. The third kappa shape index (κ3) is 5.77. The lowest BCUT2D eigenvalue weighted by atomic mass is 10.0. The zero-order valence-electron chi connectivity index (χ0n) is 20.8. The molecule has 5 rings (SSSR count). The van der Waals surface area contributed by atoms with Crippen LogP contribution in [0.25, 0.3) is 10.8 Å². The van der Waals surface area contributed by atoms with Crippen LogP contribution < -0.4 is 15.5 Å². The molecular formula is C30H29N3O4S. The van der Waals surface area contributed by atoms with E-state index in [4.69, 9.17) is 4.74 Å². The minimum absolute atomic E-state index is 0.0397. The lowest BCUT2D eigenvalue weighted by Crippen LogP contribution is -2.48. The van der Waals surface area contributed by atoms with E-state index in [-0.39, 0.29) is 24.5 Å². The molecule has 2 atom stereocenters. The lowest BCUT2D eigenvalue weighted by molar-refractivity contribution is -0.126. The molecule has 0 unspecified atom stereocenters. The van der Waals surface area contributed by atoms with Crippen molar-refractivity contribution in [2.24, 2.45) is 0 Å². The number of fused-ring (bicyclic) bond motifs is 1. The molecule has 1 aliphatic heterocycles. The summed E-state index contributed by atoms with van der Waals surface area (Å²) in [6.45, 7) is 0.796. The van der Waals surface area contributed by atoms with Crippen molar-refractivity contribution in [1.29, 1.82) is 0 Å². The highest BCUT2D eigenvalue weighted by molar-refractivity contribution is 7.12. The Kier molecular flexibility index (Phi) is 8.11. The van der Waals surface area contributed by atoms with E-state index in [1.807, 2.05) is 78.2 Å². The number of carbonyl (C=O) groups is 3. The number of rotatable bonds is 9. The van der Waals surface area contributed by atoms with Crippen LogP contribution in [0.15, 0.2) is 90.3 Å². The Morgan fingerprint density at radius 3 is 2.47 bits per heavy atom. The van der Waals surface area contributed by atoms with Gasteiger partial charge in [-0.1, -0.05) is 72.8 Å². The SMILES string of the molecule is O=C(NCC(=O)N(c1cccc2ccccc12)[C@@H](C(=O)NC[C@H]1CCCO1)c1ccccc1)c1cccs1. The van der Waals surface area contributed by atoms with Crippen molar-refractivity contribution in [2.45, 2.75) is 25.0 Å². The number of nitrogens with one attached hydrogen (secondary N) is 2. The average Bonchev–Trinajstić information content (AvgIpc) is 3.68. The number of benzene rings is 3. The molecule has 0 saturated carbocycles. The van der Waals surface area contributed by atoms with Gasteiger partial charge in [-0.3, -0.25) is 19.3 Å². The zero-order chi connectivity index (χ0) is 26.3. The molecule has 194 valence electrons. The van der Waals surface area contributed by atoms with Gasteiger partial charge in [-0.2, -0.15) is 0 Å². The quantitative estimate of drug-likeness (QED) is 0.330. The second-order valence-corrected chi connectivity index (χ2v) is 10.1. The molecular weight excluding hydrogens is 498 g/mol. The Balaban J connectivity index is 1.52. The van der Waals surface area contributed by atoms with Gasteiger partial charge in [-0.15, -0.1) is 11.3 Å². The van der Waals surface area contributed by atoms with Gasteiger partial charge >= 0.3 is 0 Å². The summed E-state index contributed by atoms with van der Waals surface area (Å²) in [5, 5.41) is 9.34. The molecule has 1 aromatic heterocycles. The molecule has 4 aromatic rings. The van der Waals surface area contributed by atoms with Crippen LogP contribution in [0.1, 0.15) is 34.1 Å². The molecule has 0 radical (unpaired) electrons. The number of hydrogen-bond acceptors (Lipinski definition) is 5. The summed E-state index contributed by atoms with van der Waals surface area (Å²) in [5.74, 6) is -1.03. The summed E-state index contributed by atoms with van der Waals surface area (Å²) in [6, 6.07) is 25.2. The molecule has 3 amide bonds. The van der Waals surface area contributed by atoms with Crippen LogP contribution in [0.3, 0.4) is 0 Å². The van der Waals surface area contributed by atoms with E-state index in [0.717, 1.165) is 23.6 Å². The Morgan fingerprint density at radius 2 is 1.71 bits per heavy atom. The Morgan fingerprint density at radius 1 is 0.921 bits per heavy atom. The first kappa shape index (κ1) is 25.6. The van der Waals surface area contributed by atoms with Crippen LogP contribution in [-0.4, -0.2) is 43.5 Å². The zero-order valence-corrected chi connectivity index (χ0v) is 21.7. The Hall–Kier alpha value is -4.01. The fraction of sp³-hybridized carbons (Fsp3) is 0.233. The van der Waals surface area contributed by atoms with Crippen molar-refractivity contribution in [1.82, 2.24) is 10.6 Å². The Bertz CT molecular complexity index is 1400. The fourth-order valence-corrected chi connectivity index (χ4v) is 5.38. The summed E-state index contributed by atoms with van der Waals surface area (Å²) in [4.78, 5) is 42.5. The van der Waals surface area contributed by atoms with Gasteiger partial charge in [0, 0.05) is 18.5 Å². The van der Waals surface area contributed by atoms with E-state index in [2.05, 4.69) is 10.6 Å². The number of anilines is 1. The monoisotopic (exact) mass is 527 g/mol. The van der Waals surface area contributed by atoms with Crippen LogP contribution in [0.4, 0.5) is 5.69 Å². The van der Waals surface area contributed by atoms with Crippen molar-refractivity contribution < 1.29 is 19.1 Å². The van der Waals surface area contributed by atoms with Crippen LogP contribution in [-0.2, 0) is 14.3 Å². The van der Waals surface area contributed by atoms with Gasteiger partial charge in [0.15, 0.2) is 0 Å². The molecule has 8 heteroatoms. The number of thiophene rings is 1. The molecule has 1 fully saturated rings. The van der Waals surface area contributed by atoms with Crippen LogP contribution >= 0.6 is 11.3 Å². The van der Waals surface area contributed by atoms with Gasteiger partial charge in [0.1, 0.15) is 6.04 Å². The number of carbonyl (C=O) groups excluding carboxylic acids is 3. The second kappa shape index (κ2) is 12.0. The summed E-state index contributed by atoms with van der Waals surface area (Å²) < 4.78 is 5.70. The first-order valence-corrected chi connectivity index (χ1v) is 13.6. The van der Waals surface area contributed by atoms with Crippen molar-refractivity contribution in [3.05, 3.63) is 101 Å². The smallest absolute Gasteiger partial charge is 0.261 e. The summed E-state index contributed by atoms with van der Waals surface area (Å²) in [5.41, 5.74) is 1.27. The van der Waals surface area contributed by atoms with Gasteiger partial charge < -0.3 is 15.4 Å². The molecule has 1 saturated heterocycles. The normalized spacial score (nSPS) is 15.6. The van der Waals surface area contributed by atoms with Crippen molar-refractivity contribution in [2.75, 3.05) is 24.6 Å². The first-order chi connectivity index (χ1) is 18.6. The van der Waals surface area contributed by atoms with E-state index in [1.165, 1.54) is 16.2 Å². The summed E-state index contributed by atoms with van der Waals surface area (Å²) in [6.07, 6.45) is 1.81. The molecule has 1 aliphatic rings. The third-order valence-corrected chi connectivity index (χ3v) is 7.46. The number of hydrogen-bond donors (Lipinski definition) is 2. The van der Waals surface area contributed by atoms with Crippen molar-refractivity contribution in [3.63, 3.8) is 0 Å². The van der Waals surface area contributed by atoms with Gasteiger partial charge in [0.25, 0.3) is 5.91 Å². The summed E-state index contributed by atoms with van der Waals surface area (Å²) in [7, 11) is 0. The maximum Gasteiger partial charge on any atom is 0.261 e. The highest BCUT2D eigenvalue weighted by Gasteiger charge is 2.34. The average molecular weight is 528 g/mol. The second-order valence-electron chi connectivity index (χ2n) is 9.12. The molecule has 38 heavy (non-hydrogen) atoms. The van der Waals surface area contributed by atoms with Gasteiger partial charge in [-0.25, -0.2) is 0 Å². The molecule has 2 N–H and O–H groups in total. The van der Waals surface area contributed by atoms with Gasteiger partial charge in [0.2, 0.25) is 11.8 Å². The lowest BCUT2D eigenvalue weighted by Gasteiger charge is -2.32. The van der Waals surface area contributed by atoms with Crippen molar-refractivity contribution in [3.8, 4) is 0 Å². The minimum atomic E-state index is -0.949. The van der Waals surface area contributed by atoms with Crippen LogP contribution in [0, 0.1) is 0 Å². The van der Waals surface area contributed by atoms with Crippen LogP contribution in [0.5, 0.6) is 0 Å². The van der Waals surface area contributed by atoms with E-state index in [0.29, 0.717) is 29.3 Å². The largest absolute Gasteiger partial charge is 0.376 e. The number of amides is 3. The molecule has 0 spiro atoms. The highest BCUT2D eigenvalue weighted by atomic mass is 32.1. The number of ether oxygens (including phenoxy) is 1. The number of nitrogens with zero attached hydrogens (tertiary/aromatic N) is 1. The van der Waals surface area contributed by atoms with E-state index in [1.54, 1.807) is 12.1 Å². The Labute approximate surface area is 225 Å². The topological polar surface area (TPSA) is 87.7 Å². The van der Waals surface area contributed by atoms with E-state index < -0.39 is 11.9 Å². The molecule has 0 bridgehead atoms. The molecule has 3 aromatic carbocycles. The van der Waals surface area contributed by atoms with E-state index >= 15 is 0 Å². The molecule has 2 heterocycles. The molecule has 0 aliphatic carbocycles. The van der Waals surface area contributed by atoms with Gasteiger partial charge in [0.05, 0.1) is 23.2 Å². The standard InChI is InChI=1S/C30H29N3O4S/c34-27(20-32-29(35)26-16-8-18-38-26)33(25-15-6-12-21-9-4-5-14-24(21)25)28(22-10-2-1-3-11-22)30(36)31-19-23-13-7-17-37-23/h1-6,8-12,14-16,18,23,28H,7,13,17,19-20H2,(H,31,36)(H,32,35)/t23-,28-/m1/s1. The van der Waals surface area contributed by atoms with Crippen molar-refractivity contribution >= 4 is 45.5 Å².